The van der Waals surface area contributed by atoms with Gasteiger partial charge in [-0.05, 0) is 17.7 Å². The highest BCUT2D eigenvalue weighted by molar-refractivity contribution is 5.63. The number of hydrogen-bond donors (Lipinski definition) is 0. The summed E-state index contributed by atoms with van der Waals surface area (Å²) in [6.45, 7) is 0.300. The van der Waals surface area contributed by atoms with Crippen LogP contribution in [0.4, 0.5) is 11.4 Å². The molecule has 2 aromatic rings. The maximum Gasteiger partial charge on any atom is 0.299 e. The van der Waals surface area contributed by atoms with Crippen molar-refractivity contribution >= 4 is 17.5 Å². The molecule has 6 heteroatoms. The minimum Gasteiger partial charge on any atom is -0.489 e. The smallest absolute Gasteiger partial charge is 0.299 e. The summed E-state index contributed by atoms with van der Waals surface area (Å²) in [7, 11) is 0. The number of carbonyl (C=O) groups excluding carboxylic acids is 1. The zero-order chi connectivity index (χ0) is 14.4. The fourth-order valence-corrected chi connectivity index (χ4v) is 1.62. The van der Waals surface area contributed by atoms with Crippen LogP contribution in [0.3, 0.4) is 0 Å². The van der Waals surface area contributed by atoms with Gasteiger partial charge in [-0.25, -0.2) is 4.79 Å². The second kappa shape index (κ2) is 6.26. The van der Waals surface area contributed by atoms with Gasteiger partial charge in [-0.2, -0.15) is 4.99 Å². The van der Waals surface area contributed by atoms with Crippen LogP contribution in [0.1, 0.15) is 5.56 Å². The lowest BCUT2D eigenvalue weighted by molar-refractivity contribution is -0.384. The Kier molecular flexibility index (Phi) is 4.21. The number of hydrogen-bond acceptors (Lipinski definition) is 5. The molecule has 2 aromatic carbocycles. The van der Waals surface area contributed by atoms with Gasteiger partial charge < -0.3 is 4.74 Å². The molecule has 0 N–H and O–H groups in total. The molecule has 2 rings (SSSR count). The first-order valence-corrected chi connectivity index (χ1v) is 5.74. The quantitative estimate of drug-likeness (QED) is 0.361. The molecule has 0 spiro atoms. The van der Waals surface area contributed by atoms with Crippen molar-refractivity contribution in [3.63, 3.8) is 0 Å². The minimum atomic E-state index is -0.619. The van der Waals surface area contributed by atoms with E-state index in [0.717, 1.165) is 5.56 Å². The molecule has 0 atom stereocenters. The molecule has 20 heavy (non-hydrogen) atoms. The van der Waals surface area contributed by atoms with Gasteiger partial charge >= 0.3 is 0 Å². The standard InChI is InChI=1S/C14H10N2O4/c17-10-15-13-7-6-12(8-14(13)16(18)19)20-9-11-4-2-1-3-5-11/h1-8H,9H2. The van der Waals surface area contributed by atoms with Gasteiger partial charge in [0.15, 0.2) is 5.69 Å². The number of nitro groups is 1. The minimum absolute atomic E-state index is 0.0444. The molecule has 0 saturated heterocycles. The third-order valence-electron chi connectivity index (χ3n) is 2.56. The van der Waals surface area contributed by atoms with Crippen molar-refractivity contribution in [1.82, 2.24) is 0 Å². The van der Waals surface area contributed by atoms with Crippen LogP contribution < -0.4 is 4.74 Å². The van der Waals surface area contributed by atoms with Crippen molar-refractivity contribution in [2.75, 3.05) is 0 Å². The van der Waals surface area contributed by atoms with Crippen LogP contribution in [0.15, 0.2) is 53.5 Å². The van der Waals surface area contributed by atoms with Crippen molar-refractivity contribution < 1.29 is 14.5 Å². The Morgan fingerprint density at radius 1 is 1.20 bits per heavy atom. The molecule has 0 unspecified atom stereocenters. The summed E-state index contributed by atoms with van der Waals surface area (Å²) in [4.78, 5) is 23.7. The zero-order valence-electron chi connectivity index (χ0n) is 10.4. The summed E-state index contributed by atoms with van der Waals surface area (Å²) in [5.74, 6) is 0.338. The Morgan fingerprint density at radius 3 is 2.60 bits per heavy atom. The van der Waals surface area contributed by atoms with Crippen molar-refractivity contribution in [3.8, 4) is 5.75 Å². The lowest BCUT2D eigenvalue weighted by Crippen LogP contribution is -1.96. The van der Waals surface area contributed by atoms with Gasteiger partial charge in [0.1, 0.15) is 12.4 Å². The fraction of sp³-hybridized carbons (Fsp3) is 0.0714. The molecule has 0 aliphatic carbocycles. The normalized spacial score (nSPS) is 9.60. The zero-order valence-corrected chi connectivity index (χ0v) is 10.4. The summed E-state index contributed by atoms with van der Waals surface area (Å²) in [5.41, 5.74) is 0.612. The first-order valence-electron chi connectivity index (χ1n) is 5.74. The topological polar surface area (TPSA) is 81.8 Å². The van der Waals surface area contributed by atoms with E-state index in [9.17, 15) is 14.9 Å². The average molecular weight is 270 g/mol. The second-order valence-corrected chi connectivity index (χ2v) is 3.88. The Bertz CT molecular complexity index is 664. The van der Waals surface area contributed by atoms with E-state index in [-0.39, 0.29) is 11.4 Å². The third kappa shape index (κ3) is 3.28. The molecule has 0 saturated carbocycles. The van der Waals surface area contributed by atoms with Crippen LogP contribution in [0.2, 0.25) is 0 Å². The number of ether oxygens (including phenoxy) is 1. The maximum absolute atomic E-state index is 10.9. The largest absolute Gasteiger partial charge is 0.489 e. The number of nitro benzene ring substituents is 1. The molecule has 0 radical (unpaired) electrons. The van der Waals surface area contributed by atoms with Gasteiger partial charge in [-0.1, -0.05) is 30.3 Å². The molecule has 0 aromatic heterocycles. The summed E-state index contributed by atoms with van der Waals surface area (Å²) in [5, 5.41) is 10.9. The van der Waals surface area contributed by atoms with Crippen LogP contribution in [0.25, 0.3) is 0 Å². The van der Waals surface area contributed by atoms with E-state index in [2.05, 4.69) is 4.99 Å². The van der Waals surface area contributed by atoms with Crippen molar-refractivity contribution in [2.45, 2.75) is 6.61 Å². The van der Waals surface area contributed by atoms with E-state index >= 15 is 0 Å². The van der Waals surface area contributed by atoms with Crippen molar-refractivity contribution in [2.24, 2.45) is 4.99 Å². The van der Waals surface area contributed by atoms with E-state index < -0.39 is 4.92 Å². The highest BCUT2D eigenvalue weighted by Crippen LogP contribution is 2.31. The van der Waals surface area contributed by atoms with Gasteiger partial charge in [0.25, 0.3) is 5.69 Å². The van der Waals surface area contributed by atoms with Crippen LogP contribution in [-0.4, -0.2) is 11.0 Å². The molecular formula is C14H10N2O4. The lowest BCUT2D eigenvalue weighted by Gasteiger charge is -2.06. The molecule has 100 valence electrons. The molecule has 6 nitrogen and oxygen atoms in total. The fourth-order valence-electron chi connectivity index (χ4n) is 1.62. The Labute approximate surface area is 114 Å². The molecule has 0 fully saturated rings. The number of isocyanates is 1. The summed E-state index contributed by atoms with van der Waals surface area (Å²) in [6.07, 6.45) is 1.29. The van der Waals surface area contributed by atoms with Crippen molar-refractivity contribution in [1.29, 1.82) is 0 Å². The first-order chi connectivity index (χ1) is 9.70. The van der Waals surface area contributed by atoms with Crippen LogP contribution >= 0.6 is 0 Å². The summed E-state index contributed by atoms with van der Waals surface area (Å²) >= 11 is 0. The second-order valence-electron chi connectivity index (χ2n) is 3.88. The van der Waals surface area contributed by atoms with Crippen LogP contribution in [0.5, 0.6) is 5.75 Å². The van der Waals surface area contributed by atoms with E-state index in [1.165, 1.54) is 24.3 Å². The monoisotopic (exact) mass is 270 g/mol. The molecule has 0 bridgehead atoms. The van der Waals surface area contributed by atoms with E-state index in [4.69, 9.17) is 4.74 Å². The average Bonchev–Trinajstić information content (AvgIpc) is 2.47. The molecule has 0 heterocycles. The molecule has 0 aliphatic rings. The number of rotatable bonds is 5. The first kappa shape index (κ1) is 13.5. The number of aliphatic imine (C=N–C) groups is 1. The van der Waals surface area contributed by atoms with Crippen molar-refractivity contribution in [3.05, 3.63) is 64.2 Å². The molecular weight excluding hydrogens is 260 g/mol. The predicted octanol–water partition coefficient (Wildman–Crippen LogP) is 3.14. The maximum atomic E-state index is 10.9. The van der Waals surface area contributed by atoms with Gasteiger partial charge in [0.05, 0.1) is 11.0 Å². The summed E-state index contributed by atoms with van der Waals surface area (Å²) < 4.78 is 5.47. The number of benzene rings is 2. The van der Waals surface area contributed by atoms with Gasteiger partial charge in [-0.15, -0.1) is 0 Å². The Morgan fingerprint density at radius 2 is 1.95 bits per heavy atom. The van der Waals surface area contributed by atoms with E-state index in [0.29, 0.717) is 12.4 Å². The van der Waals surface area contributed by atoms with Gasteiger partial charge in [0.2, 0.25) is 6.08 Å². The van der Waals surface area contributed by atoms with Crippen LogP contribution in [-0.2, 0) is 11.4 Å². The highest BCUT2D eigenvalue weighted by Gasteiger charge is 2.14. The Balaban J connectivity index is 2.19. The molecule has 0 aliphatic heterocycles. The van der Waals surface area contributed by atoms with E-state index in [1.54, 1.807) is 0 Å². The highest BCUT2D eigenvalue weighted by atomic mass is 16.6. The lowest BCUT2D eigenvalue weighted by atomic mass is 10.2. The van der Waals surface area contributed by atoms with Gasteiger partial charge in [0, 0.05) is 0 Å². The SMILES string of the molecule is O=C=Nc1ccc(OCc2ccccc2)cc1[N+](=O)[O-]. The summed E-state index contributed by atoms with van der Waals surface area (Å²) in [6, 6.07) is 13.5. The van der Waals surface area contributed by atoms with Crippen LogP contribution in [0, 0.1) is 10.1 Å². The third-order valence-corrected chi connectivity index (χ3v) is 2.56. The number of nitrogens with zero attached hydrogens (tertiary/aromatic N) is 2. The molecule has 0 amide bonds. The van der Waals surface area contributed by atoms with Gasteiger partial charge in [-0.3, -0.25) is 10.1 Å². The Hall–Kier alpha value is -2.98. The van der Waals surface area contributed by atoms with E-state index in [1.807, 2.05) is 30.3 Å². The predicted molar refractivity (Wildman–Crippen MR) is 71.7 cm³/mol.